The van der Waals surface area contributed by atoms with Gasteiger partial charge in [0, 0.05) is 29.6 Å². The van der Waals surface area contributed by atoms with E-state index in [2.05, 4.69) is 15.4 Å². The predicted octanol–water partition coefficient (Wildman–Crippen LogP) is 3.80. The molecule has 2 aromatic rings. The molecule has 0 radical (unpaired) electrons. The summed E-state index contributed by atoms with van der Waals surface area (Å²) in [5.74, 6) is -0.320. The van der Waals surface area contributed by atoms with E-state index in [0.717, 1.165) is 55.3 Å². The molecule has 3 N–H and O–H groups in total. The fourth-order valence-electron chi connectivity index (χ4n) is 5.60. The van der Waals surface area contributed by atoms with Gasteiger partial charge in [-0.05, 0) is 92.6 Å². The van der Waals surface area contributed by atoms with E-state index in [0.29, 0.717) is 35.4 Å². The minimum absolute atomic E-state index is 0.177. The van der Waals surface area contributed by atoms with E-state index in [9.17, 15) is 18.0 Å². The van der Waals surface area contributed by atoms with Gasteiger partial charge >= 0.3 is 0 Å². The maximum Gasteiger partial charge on any atom is 0.243 e. The Morgan fingerprint density at radius 3 is 2.48 bits per heavy atom. The van der Waals surface area contributed by atoms with Crippen molar-refractivity contribution in [2.45, 2.75) is 70.4 Å². The van der Waals surface area contributed by atoms with Crippen LogP contribution in [0.15, 0.2) is 42.5 Å². The molecule has 0 aromatic heterocycles. The van der Waals surface area contributed by atoms with Gasteiger partial charge in [-0.15, -0.1) is 0 Å². The Kier molecular flexibility index (Phi) is 11.7. The van der Waals surface area contributed by atoms with Crippen molar-refractivity contribution in [3.8, 4) is 0 Å². The third kappa shape index (κ3) is 9.65. The maximum absolute atomic E-state index is 14.0. The van der Waals surface area contributed by atoms with Crippen LogP contribution in [-0.4, -0.2) is 69.2 Å². The predicted molar refractivity (Wildman–Crippen MR) is 165 cm³/mol. The van der Waals surface area contributed by atoms with Crippen molar-refractivity contribution in [2.24, 2.45) is 5.92 Å². The Morgan fingerprint density at radius 1 is 1.10 bits per heavy atom. The number of rotatable bonds is 12. The van der Waals surface area contributed by atoms with Crippen LogP contribution in [0, 0.1) is 12.8 Å². The van der Waals surface area contributed by atoms with Gasteiger partial charge in [-0.25, -0.2) is 13.1 Å². The van der Waals surface area contributed by atoms with E-state index < -0.39 is 34.1 Å². The second-order valence-corrected chi connectivity index (χ2v) is 14.0. The molecular weight excluding hydrogens is 599 g/mol. The quantitative estimate of drug-likeness (QED) is 0.326. The highest BCUT2D eigenvalue weighted by Crippen LogP contribution is 2.26. The summed E-state index contributed by atoms with van der Waals surface area (Å²) in [6, 6.07) is 11.0. The fraction of sp³-hybridized carbons (Fsp3) is 0.533. The van der Waals surface area contributed by atoms with Crippen molar-refractivity contribution in [3.63, 3.8) is 0 Å². The van der Waals surface area contributed by atoms with Crippen molar-refractivity contribution in [1.29, 1.82) is 0 Å². The van der Waals surface area contributed by atoms with E-state index in [1.54, 1.807) is 24.3 Å². The van der Waals surface area contributed by atoms with Crippen LogP contribution in [0.4, 0.5) is 0 Å². The van der Waals surface area contributed by atoms with Crippen molar-refractivity contribution in [1.82, 2.24) is 20.3 Å². The number of likely N-dealkylation sites (tertiary alicyclic amines) is 1. The summed E-state index contributed by atoms with van der Waals surface area (Å²) < 4.78 is 33.2. The summed E-state index contributed by atoms with van der Waals surface area (Å²) >= 11 is 12.2. The van der Waals surface area contributed by atoms with Crippen molar-refractivity contribution < 1.29 is 22.7 Å². The molecule has 3 atom stereocenters. The van der Waals surface area contributed by atoms with Crippen molar-refractivity contribution in [3.05, 3.63) is 69.2 Å². The second kappa shape index (κ2) is 15.0. The number of sulfonamides is 1. The van der Waals surface area contributed by atoms with Crippen LogP contribution in [0.25, 0.3) is 0 Å². The number of piperidine rings is 1. The molecule has 9 nitrogen and oxygen atoms in total. The van der Waals surface area contributed by atoms with Gasteiger partial charge in [-0.3, -0.25) is 9.59 Å². The lowest BCUT2D eigenvalue weighted by atomic mass is 9.91. The van der Waals surface area contributed by atoms with E-state index in [1.807, 2.05) is 25.1 Å². The zero-order valence-corrected chi connectivity index (χ0v) is 26.4. The molecule has 4 rings (SSSR count). The Bertz CT molecular complexity index is 1340. The topological polar surface area (TPSA) is 117 Å². The summed E-state index contributed by atoms with van der Waals surface area (Å²) in [6.45, 7) is 4.48. The number of benzene rings is 2. The molecule has 0 unspecified atom stereocenters. The first-order chi connectivity index (χ1) is 20.0. The van der Waals surface area contributed by atoms with E-state index in [1.165, 1.54) is 4.90 Å². The Hall–Kier alpha value is -2.21. The highest BCUT2D eigenvalue weighted by molar-refractivity contribution is 7.88. The van der Waals surface area contributed by atoms with Crippen LogP contribution in [-0.2, 0) is 37.5 Å². The van der Waals surface area contributed by atoms with Gasteiger partial charge in [0.05, 0.1) is 19.0 Å². The lowest BCUT2D eigenvalue weighted by Crippen LogP contribution is -2.53. The summed E-state index contributed by atoms with van der Waals surface area (Å²) in [5, 5.41) is 7.48. The average Bonchev–Trinajstić information content (AvgIpc) is 3.39. The lowest BCUT2D eigenvalue weighted by Gasteiger charge is -2.30. The molecule has 0 spiro atoms. The highest BCUT2D eigenvalue weighted by atomic mass is 35.5. The summed E-state index contributed by atoms with van der Waals surface area (Å²) in [6.07, 6.45) is 3.99. The molecule has 0 aliphatic carbocycles. The Morgan fingerprint density at radius 2 is 1.79 bits per heavy atom. The zero-order chi connectivity index (χ0) is 30.3. The molecule has 0 saturated carbocycles. The van der Waals surface area contributed by atoms with Crippen molar-refractivity contribution >= 4 is 45.0 Å². The van der Waals surface area contributed by atoms with Crippen LogP contribution in [0.5, 0.6) is 0 Å². The van der Waals surface area contributed by atoms with Crippen LogP contribution >= 0.6 is 23.2 Å². The van der Waals surface area contributed by atoms with Gasteiger partial charge < -0.3 is 20.3 Å². The zero-order valence-electron chi connectivity index (χ0n) is 24.1. The molecule has 12 heteroatoms. The third-order valence-corrected chi connectivity index (χ3v) is 9.19. The highest BCUT2D eigenvalue weighted by Gasteiger charge is 2.42. The largest absolute Gasteiger partial charge is 0.372 e. The van der Waals surface area contributed by atoms with Crippen LogP contribution < -0.4 is 15.4 Å². The number of nitrogens with zero attached hydrogens (tertiary/aromatic N) is 1. The molecule has 2 aliphatic heterocycles. The number of hydrogen-bond donors (Lipinski definition) is 3. The first-order valence-electron chi connectivity index (χ1n) is 14.4. The standard InChI is InChI=1S/C30H40Cl2N4O5S/c1-20-3-7-25(32)15-23(20)17-34-29(37)28-16-26(41-19-22-4-8-24(31)9-5-22)18-36(28)30(38)27(35-42(2,39)40)10-6-21-11-13-33-14-12-21/h3-5,7-9,15,21,26-28,33,35H,6,10-14,16-19H2,1-2H3,(H,34,37)/t26-,27-,28+/m1/s1. The molecule has 2 amide bonds. The van der Waals surface area contributed by atoms with Crippen LogP contribution in [0.1, 0.15) is 48.8 Å². The number of hydrogen-bond acceptors (Lipinski definition) is 6. The number of amides is 2. The molecule has 42 heavy (non-hydrogen) atoms. The molecular formula is C30H40Cl2N4O5S. The number of carbonyl (C=O) groups is 2. The van der Waals surface area contributed by atoms with E-state index >= 15 is 0 Å². The number of aryl methyl sites for hydroxylation is 1. The SMILES string of the molecule is Cc1ccc(Cl)cc1CNC(=O)[C@@H]1C[C@@H](OCc2ccc(Cl)cc2)CN1C(=O)[C@@H](CCC1CCNCC1)NS(C)(=O)=O. The van der Waals surface area contributed by atoms with Gasteiger partial charge in [0.25, 0.3) is 0 Å². The second-order valence-electron chi connectivity index (χ2n) is 11.3. The molecule has 230 valence electrons. The molecule has 2 aromatic carbocycles. The first kappa shape index (κ1) is 32.7. The Labute approximate surface area is 258 Å². The van der Waals surface area contributed by atoms with Gasteiger partial charge in [0.15, 0.2) is 0 Å². The number of nitrogens with one attached hydrogen (secondary N) is 3. The fourth-order valence-corrected chi connectivity index (χ4v) is 6.66. The smallest absolute Gasteiger partial charge is 0.243 e. The summed E-state index contributed by atoms with van der Waals surface area (Å²) in [5.41, 5.74) is 2.78. The molecule has 0 bridgehead atoms. The number of ether oxygens (including phenoxy) is 1. The van der Waals surface area contributed by atoms with Crippen molar-refractivity contribution in [2.75, 3.05) is 25.9 Å². The summed E-state index contributed by atoms with van der Waals surface area (Å²) in [4.78, 5) is 29.0. The van der Waals surface area contributed by atoms with Gasteiger partial charge in [-0.1, -0.05) is 41.4 Å². The first-order valence-corrected chi connectivity index (χ1v) is 17.0. The van der Waals surface area contributed by atoms with E-state index in [4.69, 9.17) is 27.9 Å². The van der Waals surface area contributed by atoms with Gasteiger partial charge in [0.1, 0.15) is 12.1 Å². The van der Waals surface area contributed by atoms with Crippen LogP contribution in [0.2, 0.25) is 10.0 Å². The molecule has 2 fully saturated rings. The molecule has 2 saturated heterocycles. The van der Waals surface area contributed by atoms with Crippen LogP contribution in [0.3, 0.4) is 0 Å². The lowest BCUT2D eigenvalue weighted by molar-refractivity contribution is -0.140. The summed E-state index contributed by atoms with van der Waals surface area (Å²) in [7, 11) is -3.67. The molecule has 2 aliphatic rings. The third-order valence-electron chi connectivity index (χ3n) is 7.99. The van der Waals surface area contributed by atoms with Gasteiger partial charge in [0.2, 0.25) is 21.8 Å². The average molecular weight is 640 g/mol. The monoisotopic (exact) mass is 638 g/mol. The normalized spacial score (nSPS) is 20.4. The maximum atomic E-state index is 14.0. The van der Waals surface area contributed by atoms with Gasteiger partial charge in [-0.2, -0.15) is 0 Å². The van der Waals surface area contributed by atoms with E-state index in [-0.39, 0.29) is 19.0 Å². The minimum Gasteiger partial charge on any atom is -0.372 e. The number of carbonyl (C=O) groups excluding carboxylic acids is 2. The minimum atomic E-state index is -3.67. The number of halogens is 2. The Balaban J connectivity index is 1.50. The molecule has 2 heterocycles.